The Morgan fingerprint density at radius 3 is 2.65 bits per heavy atom. The fraction of sp³-hybridized carbons (Fsp3) is 0.500. The number of aryl methyl sites for hydroxylation is 1. The summed E-state index contributed by atoms with van der Waals surface area (Å²) in [6, 6.07) is 15.7. The summed E-state index contributed by atoms with van der Waals surface area (Å²) in [5.41, 5.74) is 1.18. The average Bonchev–Trinajstić information content (AvgIpc) is 3.42. The van der Waals surface area contributed by atoms with Crippen LogP contribution in [0.3, 0.4) is 0 Å². The van der Waals surface area contributed by atoms with Crippen molar-refractivity contribution in [2.75, 3.05) is 13.2 Å². The first kappa shape index (κ1) is 27.4. The average molecular weight is 517 g/mol. The van der Waals surface area contributed by atoms with Gasteiger partial charge >= 0.3 is 12.1 Å². The van der Waals surface area contributed by atoms with Gasteiger partial charge in [-0.05, 0) is 67.7 Å². The van der Waals surface area contributed by atoms with Crippen molar-refractivity contribution in [1.82, 2.24) is 0 Å². The molecule has 2 aliphatic rings. The lowest BCUT2D eigenvalue weighted by Crippen LogP contribution is -2.38. The van der Waals surface area contributed by atoms with Gasteiger partial charge in [-0.3, -0.25) is 4.79 Å². The Balaban J connectivity index is 1.40. The lowest BCUT2D eigenvalue weighted by Gasteiger charge is -2.39. The van der Waals surface area contributed by atoms with Gasteiger partial charge in [0.2, 0.25) is 0 Å². The van der Waals surface area contributed by atoms with Gasteiger partial charge in [0.05, 0.1) is 31.5 Å². The van der Waals surface area contributed by atoms with E-state index in [2.05, 4.69) is 36.4 Å². The Labute approximate surface area is 216 Å². The van der Waals surface area contributed by atoms with Gasteiger partial charge in [-0.15, -0.1) is 0 Å². The van der Waals surface area contributed by atoms with Crippen LogP contribution >= 0.6 is 0 Å². The Hall–Kier alpha value is -2.64. The molecule has 1 aliphatic heterocycles. The first-order chi connectivity index (χ1) is 17.8. The molecule has 2 bridgehead atoms. The summed E-state index contributed by atoms with van der Waals surface area (Å²) >= 11 is 0. The second-order valence-electron chi connectivity index (χ2n) is 10.4. The number of rotatable bonds is 13. The SMILES string of the molecule is O=C(O)CCC/C=C\C[C@@H]1[C@@H](COCc2cccc(C(F)(F)F)c2)[C@H]2C[C@]1(CCc1ccccc1)CO2. The van der Waals surface area contributed by atoms with Crippen molar-refractivity contribution in [2.45, 2.75) is 63.8 Å². The van der Waals surface area contributed by atoms with E-state index in [4.69, 9.17) is 14.6 Å². The molecule has 0 unspecified atom stereocenters. The molecular weight excluding hydrogens is 481 g/mol. The molecule has 200 valence electrons. The zero-order valence-corrected chi connectivity index (χ0v) is 21.0. The normalized spacial score (nSPS) is 25.2. The van der Waals surface area contributed by atoms with Crippen LogP contribution in [-0.4, -0.2) is 30.4 Å². The van der Waals surface area contributed by atoms with Crippen LogP contribution in [0.4, 0.5) is 13.2 Å². The summed E-state index contributed by atoms with van der Waals surface area (Å²) in [7, 11) is 0. The zero-order valence-electron chi connectivity index (χ0n) is 21.0. The van der Waals surface area contributed by atoms with Crippen LogP contribution in [0, 0.1) is 17.3 Å². The monoisotopic (exact) mass is 516 g/mol. The molecule has 1 aliphatic carbocycles. The summed E-state index contributed by atoms with van der Waals surface area (Å²) in [6.07, 6.45) is 5.26. The van der Waals surface area contributed by atoms with E-state index in [0.29, 0.717) is 31.1 Å². The second kappa shape index (κ2) is 12.3. The largest absolute Gasteiger partial charge is 0.481 e. The summed E-state index contributed by atoms with van der Waals surface area (Å²) in [5.74, 6) is -0.275. The van der Waals surface area contributed by atoms with Gasteiger partial charge in [-0.25, -0.2) is 0 Å². The molecule has 2 fully saturated rings. The van der Waals surface area contributed by atoms with Gasteiger partial charge in [0, 0.05) is 17.8 Å². The van der Waals surface area contributed by atoms with Crippen molar-refractivity contribution >= 4 is 5.97 Å². The molecule has 1 heterocycles. The minimum atomic E-state index is -4.37. The number of unbranched alkanes of at least 4 members (excludes halogenated alkanes) is 1. The number of hydrogen-bond acceptors (Lipinski definition) is 3. The van der Waals surface area contributed by atoms with Crippen LogP contribution in [0.2, 0.25) is 0 Å². The number of aliphatic carboxylic acids is 1. The van der Waals surface area contributed by atoms with Crippen LogP contribution in [0.5, 0.6) is 0 Å². The maximum atomic E-state index is 13.1. The Morgan fingerprint density at radius 2 is 1.89 bits per heavy atom. The standard InChI is InChI=1S/C30H35F3O4/c31-30(32,33)24-12-8-11-23(17-24)19-36-20-25-26(13-6-1-2-7-14-28(34)35)29(18-27(25)37-21-29)16-15-22-9-4-3-5-10-22/h1,3-6,8-12,17,25-27H,2,7,13-16,18-21H2,(H,34,35)/b6-1-/t25-,26-,27-,29-/m1/s1. The van der Waals surface area contributed by atoms with Crippen molar-refractivity contribution in [3.8, 4) is 0 Å². The van der Waals surface area contributed by atoms with Crippen LogP contribution in [0.25, 0.3) is 0 Å². The van der Waals surface area contributed by atoms with Crippen LogP contribution in [-0.2, 0) is 33.5 Å². The van der Waals surface area contributed by atoms with Crippen molar-refractivity contribution in [1.29, 1.82) is 0 Å². The van der Waals surface area contributed by atoms with E-state index in [1.807, 2.05) is 6.07 Å². The summed E-state index contributed by atoms with van der Waals surface area (Å²) < 4.78 is 51.4. The lowest BCUT2D eigenvalue weighted by atomic mass is 9.70. The summed E-state index contributed by atoms with van der Waals surface area (Å²) in [4.78, 5) is 10.8. The highest BCUT2D eigenvalue weighted by atomic mass is 19.4. The molecule has 7 heteroatoms. The molecule has 0 amide bonds. The van der Waals surface area contributed by atoms with Gasteiger partial charge < -0.3 is 14.6 Å². The number of carboxylic acid groups (broad SMARTS) is 1. The van der Waals surface area contributed by atoms with E-state index in [9.17, 15) is 18.0 Å². The van der Waals surface area contributed by atoms with E-state index in [1.165, 1.54) is 11.6 Å². The molecule has 0 aromatic heterocycles. The molecule has 4 nitrogen and oxygen atoms in total. The summed E-state index contributed by atoms with van der Waals surface area (Å²) in [5, 5.41) is 8.85. The molecule has 1 saturated heterocycles. The van der Waals surface area contributed by atoms with Gasteiger partial charge in [0.25, 0.3) is 0 Å². The number of hydrogen-bond donors (Lipinski definition) is 1. The quantitative estimate of drug-likeness (QED) is 0.228. The van der Waals surface area contributed by atoms with E-state index in [0.717, 1.165) is 44.2 Å². The Kier molecular flexibility index (Phi) is 9.08. The highest BCUT2D eigenvalue weighted by Crippen LogP contribution is 2.57. The van der Waals surface area contributed by atoms with E-state index < -0.39 is 17.7 Å². The van der Waals surface area contributed by atoms with Crippen molar-refractivity contribution in [3.63, 3.8) is 0 Å². The third-order valence-corrected chi connectivity index (χ3v) is 7.88. The van der Waals surface area contributed by atoms with Gasteiger partial charge in [-0.2, -0.15) is 13.2 Å². The fourth-order valence-electron chi connectivity index (χ4n) is 5.97. The Morgan fingerprint density at radius 1 is 1.11 bits per heavy atom. The Bertz CT molecular complexity index is 1050. The molecule has 1 N–H and O–H groups in total. The maximum absolute atomic E-state index is 13.1. The van der Waals surface area contributed by atoms with Crippen molar-refractivity contribution < 1.29 is 32.5 Å². The predicted molar refractivity (Wildman–Crippen MR) is 135 cm³/mol. The number of allylic oxidation sites excluding steroid dienone is 2. The van der Waals surface area contributed by atoms with Crippen molar-refractivity contribution in [2.24, 2.45) is 17.3 Å². The second-order valence-corrected chi connectivity index (χ2v) is 10.4. The first-order valence-electron chi connectivity index (χ1n) is 13.0. The number of carbonyl (C=O) groups is 1. The number of halogens is 3. The zero-order chi connectivity index (χ0) is 26.3. The molecule has 2 aromatic carbocycles. The fourth-order valence-corrected chi connectivity index (χ4v) is 5.97. The molecule has 0 radical (unpaired) electrons. The molecule has 4 rings (SSSR count). The predicted octanol–water partition coefficient (Wildman–Crippen LogP) is 7.08. The minimum Gasteiger partial charge on any atom is -0.481 e. The smallest absolute Gasteiger partial charge is 0.416 e. The van der Waals surface area contributed by atoms with Crippen LogP contribution in [0.15, 0.2) is 66.7 Å². The maximum Gasteiger partial charge on any atom is 0.416 e. The first-order valence-corrected chi connectivity index (χ1v) is 13.0. The molecule has 2 aromatic rings. The van der Waals surface area contributed by atoms with Gasteiger partial charge in [0.15, 0.2) is 0 Å². The third kappa shape index (κ3) is 7.23. The van der Waals surface area contributed by atoms with Crippen LogP contribution < -0.4 is 0 Å². The van der Waals surface area contributed by atoms with Gasteiger partial charge in [0.1, 0.15) is 0 Å². The molecule has 37 heavy (non-hydrogen) atoms. The highest BCUT2D eigenvalue weighted by Gasteiger charge is 2.57. The van der Waals surface area contributed by atoms with Gasteiger partial charge in [-0.1, -0.05) is 54.6 Å². The minimum absolute atomic E-state index is 0.0378. The molecular formula is C30H35F3O4. The van der Waals surface area contributed by atoms with Crippen LogP contribution in [0.1, 0.15) is 55.2 Å². The third-order valence-electron chi connectivity index (χ3n) is 7.88. The lowest BCUT2D eigenvalue weighted by molar-refractivity contribution is -0.138. The van der Waals surface area contributed by atoms with E-state index >= 15 is 0 Å². The molecule has 0 spiro atoms. The molecule has 1 saturated carbocycles. The van der Waals surface area contributed by atoms with E-state index in [-0.39, 0.29) is 30.5 Å². The topological polar surface area (TPSA) is 55.8 Å². The van der Waals surface area contributed by atoms with E-state index in [1.54, 1.807) is 6.07 Å². The number of fused-ring (bicyclic) bond motifs is 2. The summed E-state index contributed by atoms with van der Waals surface area (Å²) in [6.45, 7) is 1.28. The number of carboxylic acids is 1. The van der Waals surface area contributed by atoms with Crippen molar-refractivity contribution in [3.05, 3.63) is 83.4 Å². The molecule has 4 atom stereocenters. The number of ether oxygens (including phenoxy) is 2. The highest BCUT2D eigenvalue weighted by molar-refractivity contribution is 5.66. The number of alkyl halides is 3. The number of benzene rings is 2.